The number of nitrogens with one attached hydrogen (secondary N) is 1. The second-order valence-electron chi connectivity index (χ2n) is 4.15. The number of thiophene rings is 1. The number of carboxylic acids is 1. The quantitative estimate of drug-likeness (QED) is 0.593. The summed E-state index contributed by atoms with van der Waals surface area (Å²) in [7, 11) is 0. The fourth-order valence-corrected chi connectivity index (χ4v) is 2.43. The van der Waals surface area contributed by atoms with Gasteiger partial charge in [-0.15, -0.1) is 16.4 Å². The molecule has 2 N–H and O–H groups in total. The van der Waals surface area contributed by atoms with Crippen molar-refractivity contribution >= 4 is 29.3 Å². The first-order valence-electron chi connectivity index (χ1n) is 6.28. The predicted octanol–water partition coefficient (Wildman–Crippen LogP) is 1.26. The average Bonchev–Trinajstić information content (AvgIpc) is 3.12. The molecule has 0 aromatic carbocycles. The maximum atomic E-state index is 11.9. The van der Waals surface area contributed by atoms with Gasteiger partial charge in [-0.05, 0) is 24.6 Å². The van der Waals surface area contributed by atoms with E-state index in [1.165, 1.54) is 17.4 Å². The van der Waals surface area contributed by atoms with Crippen molar-refractivity contribution in [2.45, 2.75) is 13.0 Å². The number of hydrogen-bond acceptors (Lipinski definition) is 5. The highest BCUT2D eigenvalue weighted by atomic mass is 32.1. The van der Waals surface area contributed by atoms with E-state index >= 15 is 0 Å². The number of rotatable bonds is 7. The van der Waals surface area contributed by atoms with Gasteiger partial charge in [0.2, 0.25) is 0 Å². The molecule has 2 rings (SSSR count). The van der Waals surface area contributed by atoms with Gasteiger partial charge in [0.15, 0.2) is 0 Å². The van der Waals surface area contributed by atoms with Crippen LogP contribution < -0.4 is 5.32 Å². The number of aryl methyl sites for hydroxylation is 1. The Labute approximate surface area is 124 Å². The lowest BCUT2D eigenvalue weighted by Crippen LogP contribution is -2.24. The summed E-state index contributed by atoms with van der Waals surface area (Å²) in [5, 5.41) is 18.9. The molecule has 0 spiro atoms. The molecule has 2 heterocycles. The molecule has 7 nitrogen and oxygen atoms in total. The van der Waals surface area contributed by atoms with Crippen LogP contribution in [0.25, 0.3) is 6.08 Å². The van der Waals surface area contributed by atoms with E-state index in [1.807, 2.05) is 0 Å². The van der Waals surface area contributed by atoms with E-state index in [0.29, 0.717) is 18.0 Å². The summed E-state index contributed by atoms with van der Waals surface area (Å²) in [5.41, 5.74) is 0. The molecule has 2 aromatic rings. The summed E-state index contributed by atoms with van der Waals surface area (Å²) in [6.45, 7) is 1.23. The van der Waals surface area contributed by atoms with E-state index in [-0.39, 0.29) is 5.91 Å². The van der Waals surface area contributed by atoms with Crippen LogP contribution in [0.1, 0.15) is 21.0 Å². The molecule has 0 unspecified atom stereocenters. The summed E-state index contributed by atoms with van der Waals surface area (Å²) in [5.74, 6) is -1.17. The van der Waals surface area contributed by atoms with Crippen molar-refractivity contribution in [1.82, 2.24) is 20.3 Å². The van der Waals surface area contributed by atoms with E-state index in [2.05, 4.69) is 15.6 Å². The third-order valence-electron chi connectivity index (χ3n) is 2.56. The molecule has 0 bridgehead atoms. The lowest BCUT2D eigenvalue weighted by Gasteiger charge is -2.03. The van der Waals surface area contributed by atoms with Gasteiger partial charge >= 0.3 is 5.97 Å². The van der Waals surface area contributed by atoms with Gasteiger partial charge in [-0.2, -0.15) is 0 Å². The van der Waals surface area contributed by atoms with Crippen molar-refractivity contribution in [3.05, 3.63) is 40.4 Å². The number of carboxylic acid groups (broad SMARTS) is 1. The zero-order chi connectivity index (χ0) is 15.1. The molecule has 0 saturated heterocycles. The highest BCUT2D eigenvalue weighted by molar-refractivity contribution is 7.14. The molecular weight excluding hydrogens is 292 g/mol. The van der Waals surface area contributed by atoms with Gasteiger partial charge in [0.1, 0.15) is 0 Å². The highest BCUT2D eigenvalue weighted by Crippen LogP contribution is 2.17. The second-order valence-corrected chi connectivity index (χ2v) is 5.26. The minimum Gasteiger partial charge on any atom is -0.478 e. The Morgan fingerprint density at radius 1 is 1.43 bits per heavy atom. The molecule has 8 heteroatoms. The molecule has 0 aliphatic heterocycles. The number of hydrogen-bond donors (Lipinski definition) is 2. The number of carbonyl (C=O) groups is 2. The SMILES string of the molecule is O=C(O)/C=C/c1ccc(C(=O)NCCCn2ccnn2)s1. The molecule has 2 aromatic heterocycles. The minimum atomic E-state index is -1.01. The van der Waals surface area contributed by atoms with Crippen molar-refractivity contribution in [3.63, 3.8) is 0 Å². The van der Waals surface area contributed by atoms with Gasteiger partial charge in [0.25, 0.3) is 5.91 Å². The summed E-state index contributed by atoms with van der Waals surface area (Å²) in [4.78, 5) is 23.6. The zero-order valence-corrected chi connectivity index (χ0v) is 11.9. The normalized spacial score (nSPS) is 10.9. The van der Waals surface area contributed by atoms with Gasteiger partial charge < -0.3 is 10.4 Å². The van der Waals surface area contributed by atoms with Gasteiger partial charge in [0.05, 0.1) is 11.1 Å². The fraction of sp³-hybridized carbons (Fsp3) is 0.231. The van der Waals surface area contributed by atoms with Crippen LogP contribution in [-0.2, 0) is 11.3 Å². The van der Waals surface area contributed by atoms with Crippen LogP contribution in [-0.4, -0.2) is 38.5 Å². The van der Waals surface area contributed by atoms with Gasteiger partial charge in [0, 0.05) is 30.2 Å². The minimum absolute atomic E-state index is 0.159. The largest absolute Gasteiger partial charge is 0.478 e. The summed E-state index contributed by atoms with van der Waals surface area (Å²) in [6.07, 6.45) is 6.64. The Kier molecular flexibility index (Phi) is 5.22. The van der Waals surface area contributed by atoms with E-state index in [1.54, 1.807) is 29.2 Å². The molecular formula is C13H14N4O3S. The van der Waals surface area contributed by atoms with Crippen LogP contribution in [0.15, 0.2) is 30.6 Å². The van der Waals surface area contributed by atoms with Gasteiger partial charge in [-0.25, -0.2) is 4.79 Å². The van der Waals surface area contributed by atoms with Crippen LogP contribution in [0.5, 0.6) is 0 Å². The molecule has 0 atom stereocenters. The Bertz CT molecular complexity index is 634. The Morgan fingerprint density at radius 3 is 3.00 bits per heavy atom. The molecule has 0 aliphatic rings. The number of nitrogens with zero attached hydrogens (tertiary/aromatic N) is 3. The molecule has 21 heavy (non-hydrogen) atoms. The van der Waals surface area contributed by atoms with Crippen LogP contribution in [0.4, 0.5) is 0 Å². The molecule has 1 amide bonds. The number of aliphatic carboxylic acids is 1. The first-order chi connectivity index (χ1) is 10.1. The lowest BCUT2D eigenvalue weighted by atomic mass is 10.3. The average molecular weight is 306 g/mol. The van der Waals surface area contributed by atoms with Crippen molar-refractivity contribution < 1.29 is 14.7 Å². The van der Waals surface area contributed by atoms with Crippen molar-refractivity contribution in [3.8, 4) is 0 Å². The maximum absolute atomic E-state index is 11.9. The number of aromatic nitrogens is 3. The third kappa shape index (κ3) is 4.84. The number of amides is 1. The standard InChI is InChI=1S/C13H14N4O3S/c18-12(19)5-3-10-2-4-11(21-10)13(20)14-6-1-8-17-9-7-15-16-17/h2-5,7,9H,1,6,8H2,(H,14,20)(H,18,19)/b5-3+. The van der Waals surface area contributed by atoms with Crippen LogP contribution in [0.2, 0.25) is 0 Å². The van der Waals surface area contributed by atoms with Crippen LogP contribution >= 0.6 is 11.3 Å². The highest BCUT2D eigenvalue weighted by Gasteiger charge is 2.07. The molecule has 0 fully saturated rings. The number of carbonyl (C=O) groups excluding carboxylic acids is 1. The Hall–Kier alpha value is -2.48. The van der Waals surface area contributed by atoms with Gasteiger partial charge in [-0.3, -0.25) is 9.48 Å². The van der Waals surface area contributed by atoms with E-state index < -0.39 is 5.97 Å². The van der Waals surface area contributed by atoms with E-state index in [9.17, 15) is 9.59 Å². The smallest absolute Gasteiger partial charge is 0.328 e. The van der Waals surface area contributed by atoms with Crippen molar-refractivity contribution in [2.24, 2.45) is 0 Å². The zero-order valence-electron chi connectivity index (χ0n) is 11.1. The summed E-state index contributed by atoms with van der Waals surface area (Å²) >= 11 is 1.25. The fourth-order valence-electron chi connectivity index (χ4n) is 1.60. The first-order valence-corrected chi connectivity index (χ1v) is 7.10. The third-order valence-corrected chi connectivity index (χ3v) is 3.61. The van der Waals surface area contributed by atoms with Crippen molar-refractivity contribution in [2.75, 3.05) is 6.54 Å². The Morgan fingerprint density at radius 2 is 2.29 bits per heavy atom. The Balaban J connectivity index is 1.76. The molecule has 110 valence electrons. The van der Waals surface area contributed by atoms with E-state index in [0.717, 1.165) is 17.4 Å². The van der Waals surface area contributed by atoms with E-state index in [4.69, 9.17) is 5.11 Å². The molecule has 0 radical (unpaired) electrons. The second kappa shape index (κ2) is 7.34. The summed E-state index contributed by atoms with van der Waals surface area (Å²) in [6, 6.07) is 3.40. The molecule has 0 aliphatic carbocycles. The first kappa shape index (κ1) is 14.9. The lowest BCUT2D eigenvalue weighted by molar-refractivity contribution is -0.131. The van der Waals surface area contributed by atoms with Crippen LogP contribution in [0, 0.1) is 0 Å². The van der Waals surface area contributed by atoms with Crippen LogP contribution in [0.3, 0.4) is 0 Å². The molecule has 0 saturated carbocycles. The summed E-state index contributed by atoms with van der Waals surface area (Å²) < 4.78 is 1.70. The maximum Gasteiger partial charge on any atom is 0.328 e. The van der Waals surface area contributed by atoms with Crippen molar-refractivity contribution in [1.29, 1.82) is 0 Å². The van der Waals surface area contributed by atoms with Gasteiger partial charge in [-0.1, -0.05) is 5.21 Å². The monoisotopic (exact) mass is 306 g/mol. The topological polar surface area (TPSA) is 97.1 Å². The predicted molar refractivity (Wildman–Crippen MR) is 78.0 cm³/mol.